The molecule has 0 unspecified atom stereocenters. The van der Waals surface area contributed by atoms with Gasteiger partial charge >= 0.3 is 0 Å². The van der Waals surface area contributed by atoms with Gasteiger partial charge in [-0.25, -0.2) is 4.39 Å². The van der Waals surface area contributed by atoms with Crippen molar-refractivity contribution in [1.82, 2.24) is 5.32 Å². The summed E-state index contributed by atoms with van der Waals surface area (Å²) >= 11 is 5.68. The second kappa shape index (κ2) is 6.95. The molecule has 1 aromatic carbocycles. The molecule has 18 heavy (non-hydrogen) atoms. The van der Waals surface area contributed by atoms with Crippen LogP contribution >= 0.6 is 11.6 Å². The fourth-order valence-electron chi connectivity index (χ4n) is 2.33. The molecule has 1 aliphatic carbocycles. The Kier molecular flexibility index (Phi) is 5.26. The van der Waals surface area contributed by atoms with E-state index in [4.69, 9.17) is 16.3 Å². The van der Waals surface area contributed by atoms with Gasteiger partial charge in [0.15, 0.2) is 11.6 Å². The molecule has 0 aromatic heterocycles. The van der Waals surface area contributed by atoms with E-state index in [1.807, 2.05) is 0 Å². The van der Waals surface area contributed by atoms with Gasteiger partial charge in [-0.1, -0.05) is 36.9 Å². The van der Waals surface area contributed by atoms with Crippen LogP contribution in [0.3, 0.4) is 0 Å². The standard InChI is InChI=1S/C14H19ClFNO/c15-12-7-4-8-13(14(12)16)18-10-9-17-11-5-2-1-3-6-11/h4,7-8,11,17H,1-3,5-6,9-10H2. The summed E-state index contributed by atoms with van der Waals surface area (Å²) in [6, 6.07) is 5.41. The first-order valence-electron chi connectivity index (χ1n) is 6.57. The molecule has 1 N–H and O–H groups in total. The molecule has 100 valence electrons. The third-order valence-electron chi connectivity index (χ3n) is 3.31. The van der Waals surface area contributed by atoms with E-state index in [-0.39, 0.29) is 10.8 Å². The van der Waals surface area contributed by atoms with Crippen LogP contribution in [0.5, 0.6) is 5.75 Å². The number of hydrogen-bond acceptors (Lipinski definition) is 2. The third-order valence-corrected chi connectivity index (χ3v) is 3.61. The summed E-state index contributed by atoms with van der Waals surface area (Å²) < 4.78 is 18.9. The van der Waals surface area contributed by atoms with Crippen molar-refractivity contribution < 1.29 is 9.13 Å². The van der Waals surface area contributed by atoms with E-state index in [1.165, 1.54) is 38.2 Å². The van der Waals surface area contributed by atoms with E-state index in [0.717, 1.165) is 6.54 Å². The van der Waals surface area contributed by atoms with Crippen molar-refractivity contribution in [2.75, 3.05) is 13.2 Å². The molecular formula is C14H19ClFNO. The molecular weight excluding hydrogens is 253 g/mol. The molecule has 0 amide bonds. The summed E-state index contributed by atoms with van der Waals surface area (Å²) in [5.41, 5.74) is 0. The van der Waals surface area contributed by atoms with Crippen molar-refractivity contribution in [1.29, 1.82) is 0 Å². The first-order chi connectivity index (χ1) is 8.77. The second-order valence-corrected chi connectivity index (χ2v) is 5.10. The van der Waals surface area contributed by atoms with Gasteiger partial charge in [0.2, 0.25) is 0 Å². The molecule has 1 aliphatic rings. The Bertz CT molecular complexity index is 380. The average molecular weight is 272 g/mol. The van der Waals surface area contributed by atoms with Crippen LogP contribution in [0.4, 0.5) is 4.39 Å². The normalized spacial score (nSPS) is 16.8. The molecule has 1 saturated carbocycles. The van der Waals surface area contributed by atoms with Gasteiger partial charge in [0, 0.05) is 12.6 Å². The Morgan fingerprint density at radius 3 is 2.83 bits per heavy atom. The summed E-state index contributed by atoms with van der Waals surface area (Å²) in [6.45, 7) is 1.21. The largest absolute Gasteiger partial charge is 0.489 e. The lowest BCUT2D eigenvalue weighted by molar-refractivity contribution is 0.279. The van der Waals surface area contributed by atoms with Gasteiger partial charge in [-0.05, 0) is 25.0 Å². The van der Waals surface area contributed by atoms with Crippen molar-refractivity contribution in [3.63, 3.8) is 0 Å². The molecule has 4 heteroatoms. The molecule has 0 bridgehead atoms. The monoisotopic (exact) mass is 271 g/mol. The van der Waals surface area contributed by atoms with Crippen LogP contribution in [0.2, 0.25) is 5.02 Å². The fraction of sp³-hybridized carbons (Fsp3) is 0.571. The van der Waals surface area contributed by atoms with Gasteiger partial charge < -0.3 is 10.1 Å². The number of ether oxygens (including phenoxy) is 1. The molecule has 1 fully saturated rings. The van der Waals surface area contributed by atoms with Crippen molar-refractivity contribution in [3.8, 4) is 5.75 Å². The third kappa shape index (κ3) is 3.85. The number of halogens is 2. The van der Waals surface area contributed by atoms with Gasteiger partial charge in [-0.2, -0.15) is 0 Å². The van der Waals surface area contributed by atoms with Crippen molar-refractivity contribution in [2.45, 2.75) is 38.1 Å². The van der Waals surface area contributed by atoms with Crippen LogP contribution in [0.25, 0.3) is 0 Å². The van der Waals surface area contributed by atoms with Crippen molar-refractivity contribution in [2.24, 2.45) is 0 Å². The number of hydrogen-bond donors (Lipinski definition) is 1. The minimum absolute atomic E-state index is 0.104. The highest BCUT2D eigenvalue weighted by atomic mass is 35.5. The van der Waals surface area contributed by atoms with Crippen molar-refractivity contribution >= 4 is 11.6 Å². The minimum atomic E-state index is -0.475. The predicted octanol–water partition coefficient (Wildman–Crippen LogP) is 3.78. The van der Waals surface area contributed by atoms with Crippen LogP contribution in [0, 0.1) is 5.82 Å². The lowest BCUT2D eigenvalue weighted by atomic mass is 9.96. The average Bonchev–Trinajstić information content (AvgIpc) is 2.40. The first kappa shape index (κ1) is 13.6. The van der Waals surface area contributed by atoms with E-state index in [1.54, 1.807) is 12.1 Å². The maximum absolute atomic E-state index is 13.5. The maximum atomic E-state index is 13.5. The molecule has 2 nitrogen and oxygen atoms in total. The predicted molar refractivity (Wildman–Crippen MR) is 71.8 cm³/mol. The molecule has 0 radical (unpaired) electrons. The van der Waals surface area contributed by atoms with Gasteiger partial charge in [0.25, 0.3) is 0 Å². The van der Waals surface area contributed by atoms with Gasteiger partial charge in [-0.15, -0.1) is 0 Å². The Morgan fingerprint density at radius 2 is 2.06 bits per heavy atom. The summed E-state index contributed by atoms with van der Waals surface area (Å²) in [6.07, 6.45) is 6.45. The smallest absolute Gasteiger partial charge is 0.183 e. The Labute approximate surface area is 112 Å². The van der Waals surface area contributed by atoms with Gasteiger partial charge in [0.05, 0.1) is 5.02 Å². The zero-order valence-corrected chi connectivity index (χ0v) is 11.2. The lowest BCUT2D eigenvalue weighted by Gasteiger charge is -2.22. The van der Waals surface area contributed by atoms with Crippen molar-refractivity contribution in [3.05, 3.63) is 29.0 Å². The molecule has 0 atom stereocenters. The molecule has 0 spiro atoms. The summed E-state index contributed by atoms with van der Waals surface area (Å²) in [5, 5.41) is 3.55. The van der Waals surface area contributed by atoms with E-state index >= 15 is 0 Å². The first-order valence-corrected chi connectivity index (χ1v) is 6.95. The van der Waals surface area contributed by atoms with Crippen LogP contribution < -0.4 is 10.1 Å². The number of rotatable bonds is 5. The van der Waals surface area contributed by atoms with Gasteiger partial charge in [0.1, 0.15) is 6.61 Å². The summed E-state index contributed by atoms with van der Waals surface area (Å²) in [7, 11) is 0. The zero-order valence-electron chi connectivity index (χ0n) is 10.4. The van der Waals surface area contributed by atoms with Crippen LogP contribution in [-0.4, -0.2) is 19.2 Å². The Hall–Kier alpha value is -0.800. The minimum Gasteiger partial charge on any atom is -0.489 e. The fourth-order valence-corrected chi connectivity index (χ4v) is 2.49. The Morgan fingerprint density at radius 1 is 1.28 bits per heavy atom. The molecule has 2 rings (SSSR count). The highest BCUT2D eigenvalue weighted by molar-refractivity contribution is 6.30. The SMILES string of the molecule is Fc1c(Cl)cccc1OCCNC1CCCCC1. The molecule has 1 aromatic rings. The van der Waals surface area contributed by atoms with E-state index < -0.39 is 5.82 Å². The molecule has 0 saturated heterocycles. The maximum Gasteiger partial charge on any atom is 0.183 e. The summed E-state index contributed by atoms with van der Waals surface area (Å²) in [4.78, 5) is 0. The highest BCUT2D eigenvalue weighted by Crippen LogP contribution is 2.23. The second-order valence-electron chi connectivity index (χ2n) is 4.69. The van der Waals surface area contributed by atoms with Gasteiger partial charge in [-0.3, -0.25) is 0 Å². The highest BCUT2D eigenvalue weighted by Gasteiger charge is 2.12. The zero-order chi connectivity index (χ0) is 12.8. The van der Waals surface area contributed by atoms with E-state index in [9.17, 15) is 4.39 Å². The van der Waals surface area contributed by atoms with E-state index in [0.29, 0.717) is 12.6 Å². The van der Waals surface area contributed by atoms with Crippen LogP contribution in [0.1, 0.15) is 32.1 Å². The Balaban J connectivity index is 1.70. The van der Waals surface area contributed by atoms with E-state index in [2.05, 4.69) is 5.32 Å². The molecule has 0 aliphatic heterocycles. The van der Waals surface area contributed by atoms with Crippen LogP contribution in [0.15, 0.2) is 18.2 Å². The summed E-state index contributed by atoms with van der Waals surface area (Å²) in [5.74, 6) is -0.246. The topological polar surface area (TPSA) is 21.3 Å². The number of nitrogens with one attached hydrogen (secondary N) is 1. The quantitative estimate of drug-likeness (QED) is 0.823. The molecule has 0 heterocycles. The van der Waals surface area contributed by atoms with Crippen LogP contribution in [-0.2, 0) is 0 Å². The number of benzene rings is 1. The lowest BCUT2D eigenvalue weighted by Crippen LogP contribution is -2.34.